The van der Waals surface area contributed by atoms with Gasteiger partial charge in [-0.25, -0.2) is 0 Å². The molecule has 0 aliphatic rings. The van der Waals surface area contributed by atoms with Crippen molar-refractivity contribution in [2.45, 2.75) is 19.3 Å². The molecule has 1 unspecified atom stereocenters. The Morgan fingerprint density at radius 1 is 1.40 bits per heavy atom. The molecule has 0 saturated carbocycles. The van der Waals surface area contributed by atoms with Crippen LogP contribution in [0.15, 0.2) is 35.3 Å². The van der Waals surface area contributed by atoms with E-state index >= 15 is 0 Å². The molecule has 0 radical (unpaired) electrons. The third kappa shape index (κ3) is 3.20. The van der Waals surface area contributed by atoms with Gasteiger partial charge < -0.3 is 5.73 Å². The summed E-state index contributed by atoms with van der Waals surface area (Å²) >= 11 is 0. The number of amides is 1. The van der Waals surface area contributed by atoms with Gasteiger partial charge in [0.1, 0.15) is 0 Å². The van der Waals surface area contributed by atoms with E-state index in [-0.39, 0.29) is 5.92 Å². The number of primary amides is 1. The van der Waals surface area contributed by atoms with Gasteiger partial charge in [-0.3, -0.25) is 9.79 Å². The van der Waals surface area contributed by atoms with Crippen molar-refractivity contribution >= 4 is 11.6 Å². The second-order valence-corrected chi connectivity index (χ2v) is 3.55. The van der Waals surface area contributed by atoms with Crippen molar-refractivity contribution in [2.75, 3.05) is 7.05 Å². The average Bonchev–Trinajstić information content (AvgIpc) is 2.26. The predicted octanol–water partition coefficient (Wildman–Crippen LogP) is 1.74. The van der Waals surface area contributed by atoms with E-state index in [0.29, 0.717) is 12.1 Å². The van der Waals surface area contributed by atoms with Gasteiger partial charge in [0.05, 0.1) is 5.71 Å². The summed E-state index contributed by atoms with van der Waals surface area (Å²) in [5.41, 5.74) is 6.85. The largest absolute Gasteiger partial charge is 0.365 e. The van der Waals surface area contributed by atoms with Crippen LogP contribution in [-0.2, 0) is 4.79 Å². The third-order valence-corrected chi connectivity index (χ3v) is 2.42. The van der Waals surface area contributed by atoms with E-state index < -0.39 is 5.91 Å². The summed E-state index contributed by atoms with van der Waals surface area (Å²) in [6, 6.07) is 10.0. The number of hydrogen-bond donors (Lipinski definition) is 1. The summed E-state index contributed by atoms with van der Waals surface area (Å²) in [5.74, 6) is -0.169. The number of benzene rings is 1. The van der Waals surface area contributed by atoms with Gasteiger partial charge in [0, 0.05) is 13.5 Å². The maximum atomic E-state index is 11.0. The highest BCUT2D eigenvalue weighted by molar-refractivity contribution is 6.38. The quantitative estimate of drug-likeness (QED) is 0.746. The van der Waals surface area contributed by atoms with Crippen LogP contribution in [0.25, 0.3) is 0 Å². The summed E-state index contributed by atoms with van der Waals surface area (Å²) < 4.78 is 0. The van der Waals surface area contributed by atoms with Crippen molar-refractivity contribution in [2.24, 2.45) is 10.7 Å². The monoisotopic (exact) mass is 204 g/mol. The van der Waals surface area contributed by atoms with E-state index in [9.17, 15) is 4.79 Å². The first-order chi connectivity index (χ1) is 7.15. The van der Waals surface area contributed by atoms with Gasteiger partial charge in [0.25, 0.3) is 5.91 Å². The Morgan fingerprint density at radius 2 is 2.00 bits per heavy atom. The molecule has 0 heterocycles. The highest BCUT2D eigenvalue weighted by atomic mass is 16.1. The van der Waals surface area contributed by atoms with E-state index in [1.165, 1.54) is 5.56 Å². The zero-order valence-corrected chi connectivity index (χ0v) is 9.10. The molecular weight excluding hydrogens is 188 g/mol. The maximum absolute atomic E-state index is 11.0. The fourth-order valence-corrected chi connectivity index (χ4v) is 1.49. The molecule has 0 spiro atoms. The van der Waals surface area contributed by atoms with E-state index in [1.807, 2.05) is 30.3 Å². The van der Waals surface area contributed by atoms with Crippen LogP contribution < -0.4 is 5.73 Å². The minimum atomic E-state index is -0.430. The van der Waals surface area contributed by atoms with Gasteiger partial charge in [-0.15, -0.1) is 0 Å². The van der Waals surface area contributed by atoms with Gasteiger partial charge in [0.2, 0.25) is 0 Å². The first kappa shape index (κ1) is 11.4. The van der Waals surface area contributed by atoms with E-state index in [0.717, 1.165) is 0 Å². The molecule has 1 amide bonds. The van der Waals surface area contributed by atoms with Gasteiger partial charge in [-0.2, -0.15) is 0 Å². The summed E-state index contributed by atoms with van der Waals surface area (Å²) in [7, 11) is 1.60. The lowest BCUT2D eigenvalue weighted by molar-refractivity contribution is -0.112. The lowest BCUT2D eigenvalue weighted by Crippen LogP contribution is -2.24. The number of nitrogens with zero attached hydrogens (tertiary/aromatic N) is 1. The Kier molecular flexibility index (Phi) is 4.03. The van der Waals surface area contributed by atoms with Crippen molar-refractivity contribution in [1.29, 1.82) is 0 Å². The van der Waals surface area contributed by atoms with Crippen LogP contribution in [0.5, 0.6) is 0 Å². The van der Waals surface area contributed by atoms with Crippen molar-refractivity contribution in [3.05, 3.63) is 35.9 Å². The second kappa shape index (κ2) is 5.29. The summed E-state index contributed by atoms with van der Waals surface area (Å²) in [6.45, 7) is 2.06. The lowest BCUT2D eigenvalue weighted by Gasteiger charge is -2.11. The smallest absolute Gasteiger partial charge is 0.262 e. The topological polar surface area (TPSA) is 55.4 Å². The maximum Gasteiger partial charge on any atom is 0.262 e. The van der Waals surface area contributed by atoms with Crippen LogP contribution in [0, 0.1) is 0 Å². The molecule has 0 bridgehead atoms. The lowest BCUT2D eigenvalue weighted by atomic mass is 9.95. The molecule has 80 valence electrons. The van der Waals surface area contributed by atoms with Crippen LogP contribution in [0.4, 0.5) is 0 Å². The van der Waals surface area contributed by atoms with Crippen molar-refractivity contribution < 1.29 is 4.79 Å². The first-order valence-corrected chi connectivity index (χ1v) is 4.95. The average molecular weight is 204 g/mol. The SMILES string of the molecule is CN=C(CC(C)c1ccccc1)C(N)=O. The normalized spacial score (nSPS) is 13.6. The highest BCUT2D eigenvalue weighted by Gasteiger charge is 2.12. The molecule has 1 aromatic rings. The Labute approximate surface area is 90.0 Å². The Hall–Kier alpha value is -1.64. The minimum Gasteiger partial charge on any atom is -0.365 e. The minimum absolute atomic E-state index is 0.261. The van der Waals surface area contributed by atoms with Crippen molar-refractivity contribution in [1.82, 2.24) is 0 Å². The summed E-state index contributed by atoms with van der Waals surface area (Å²) in [4.78, 5) is 14.9. The zero-order chi connectivity index (χ0) is 11.3. The van der Waals surface area contributed by atoms with Gasteiger partial charge in [0.15, 0.2) is 0 Å². The molecule has 2 N–H and O–H groups in total. The number of hydrogen-bond acceptors (Lipinski definition) is 2. The standard InChI is InChI=1S/C12H16N2O/c1-9(8-11(14-2)12(13)15)10-6-4-3-5-7-10/h3-7,9H,8H2,1-2H3,(H2,13,15). The molecule has 0 aliphatic carbocycles. The summed E-state index contributed by atoms with van der Waals surface area (Å²) in [6.07, 6.45) is 0.593. The number of carbonyl (C=O) groups is 1. The Morgan fingerprint density at radius 3 is 2.47 bits per heavy atom. The Balaban J connectivity index is 2.72. The second-order valence-electron chi connectivity index (χ2n) is 3.55. The van der Waals surface area contributed by atoms with Crippen LogP contribution >= 0.6 is 0 Å². The summed E-state index contributed by atoms with van der Waals surface area (Å²) in [5, 5.41) is 0. The predicted molar refractivity (Wildman–Crippen MR) is 62.0 cm³/mol. The van der Waals surface area contributed by atoms with Crippen LogP contribution in [0.3, 0.4) is 0 Å². The molecule has 0 fully saturated rings. The molecule has 1 atom stereocenters. The van der Waals surface area contributed by atoms with E-state index in [2.05, 4.69) is 11.9 Å². The zero-order valence-electron chi connectivity index (χ0n) is 9.10. The first-order valence-electron chi connectivity index (χ1n) is 4.95. The van der Waals surface area contributed by atoms with Gasteiger partial charge in [-0.1, -0.05) is 37.3 Å². The molecule has 3 heteroatoms. The molecule has 3 nitrogen and oxygen atoms in total. The third-order valence-electron chi connectivity index (χ3n) is 2.42. The molecule has 0 saturated heterocycles. The Bertz CT molecular complexity index is 357. The van der Waals surface area contributed by atoms with Crippen molar-refractivity contribution in [3.63, 3.8) is 0 Å². The molecular formula is C12H16N2O. The number of rotatable bonds is 4. The molecule has 0 aliphatic heterocycles. The van der Waals surface area contributed by atoms with Gasteiger partial charge in [-0.05, 0) is 11.5 Å². The van der Waals surface area contributed by atoms with Crippen LogP contribution in [0.2, 0.25) is 0 Å². The number of carbonyl (C=O) groups excluding carboxylic acids is 1. The highest BCUT2D eigenvalue weighted by Crippen LogP contribution is 2.18. The van der Waals surface area contributed by atoms with Crippen LogP contribution in [0.1, 0.15) is 24.8 Å². The van der Waals surface area contributed by atoms with Crippen LogP contribution in [-0.4, -0.2) is 18.7 Å². The number of aliphatic imine (C=N–C) groups is 1. The fraction of sp³-hybridized carbons (Fsp3) is 0.333. The molecule has 1 aromatic carbocycles. The van der Waals surface area contributed by atoms with E-state index in [1.54, 1.807) is 7.05 Å². The van der Waals surface area contributed by atoms with Crippen molar-refractivity contribution in [3.8, 4) is 0 Å². The molecule has 0 aromatic heterocycles. The molecule has 1 rings (SSSR count). The fourth-order valence-electron chi connectivity index (χ4n) is 1.49. The molecule has 15 heavy (non-hydrogen) atoms. The van der Waals surface area contributed by atoms with Gasteiger partial charge >= 0.3 is 0 Å². The number of nitrogens with two attached hydrogens (primary N) is 1. The van der Waals surface area contributed by atoms with E-state index in [4.69, 9.17) is 5.73 Å².